The van der Waals surface area contributed by atoms with Gasteiger partial charge in [0.1, 0.15) is 0 Å². The van der Waals surface area contributed by atoms with Crippen LogP contribution in [-0.4, -0.2) is 46.1 Å². The highest BCUT2D eigenvalue weighted by atomic mass is 31.1. The number of hydrogen-bond donors (Lipinski definition) is 0. The van der Waals surface area contributed by atoms with Crippen molar-refractivity contribution in [2.75, 3.05) is 14.1 Å². The van der Waals surface area contributed by atoms with Crippen LogP contribution in [0, 0.1) is 11.8 Å². The van der Waals surface area contributed by atoms with Crippen molar-refractivity contribution in [3.05, 3.63) is 91.0 Å². The molecule has 2 fully saturated rings. The molecule has 2 aliphatic heterocycles. The van der Waals surface area contributed by atoms with Gasteiger partial charge in [0.25, 0.3) is 0 Å². The normalized spacial score (nSPS) is 21.2. The molecule has 2 saturated heterocycles. The summed E-state index contributed by atoms with van der Waals surface area (Å²) in [6.45, 7) is 23.6. The van der Waals surface area contributed by atoms with Crippen LogP contribution < -0.4 is 15.9 Å². The van der Waals surface area contributed by atoms with Gasteiger partial charge < -0.3 is 0 Å². The quantitative estimate of drug-likeness (QED) is 0.269. The lowest BCUT2D eigenvalue weighted by Crippen LogP contribution is -2.58. The van der Waals surface area contributed by atoms with E-state index in [4.69, 9.17) is 0 Å². The lowest BCUT2D eigenvalue weighted by molar-refractivity contribution is -0.0258. The van der Waals surface area contributed by atoms with E-state index in [1.54, 1.807) is 0 Å². The number of hydrogen-bond acceptors (Lipinski definition) is 2. The Morgan fingerprint density at radius 3 is 0.886 bits per heavy atom. The smallest absolute Gasteiger partial charge is 0.0158 e. The van der Waals surface area contributed by atoms with Gasteiger partial charge in [-0.2, -0.15) is 0 Å². The van der Waals surface area contributed by atoms with Crippen molar-refractivity contribution in [3.63, 3.8) is 0 Å². The summed E-state index contributed by atoms with van der Waals surface area (Å²) < 4.78 is 0. The first-order valence-corrected chi connectivity index (χ1v) is 17.7. The van der Waals surface area contributed by atoms with Crippen molar-refractivity contribution in [2.24, 2.45) is 11.8 Å². The molecule has 0 amide bonds. The first kappa shape index (κ1) is 38.2. The van der Waals surface area contributed by atoms with Gasteiger partial charge in [0.2, 0.25) is 0 Å². The van der Waals surface area contributed by atoms with Crippen LogP contribution in [0.4, 0.5) is 0 Å². The summed E-state index contributed by atoms with van der Waals surface area (Å²) in [6.07, 6.45) is 5.31. The van der Waals surface area contributed by atoms with Crippen molar-refractivity contribution in [2.45, 2.75) is 125 Å². The van der Waals surface area contributed by atoms with Crippen LogP contribution in [-0.2, 0) is 0 Å². The Labute approximate surface area is 275 Å². The Balaban J connectivity index is 0.000000345. The minimum absolute atomic E-state index is 0. The van der Waals surface area contributed by atoms with Crippen LogP contribution in [0.5, 0.6) is 0 Å². The molecule has 0 radical (unpaired) electrons. The van der Waals surface area contributed by atoms with Gasteiger partial charge in [-0.1, -0.05) is 112 Å². The van der Waals surface area contributed by atoms with Crippen LogP contribution in [0.1, 0.15) is 104 Å². The largest absolute Gasteiger partial charge is 0.296 e. The molecule has 2 heterocycles. The minimum atomic E-state index is -0.446. The molecule has 0 spiro atoms. The summed E-state index contributed by atoms with van der Waals surface area (Å²) in [5.41, 5.74) is 1.50. The van der Waals surface area contributed by atoms with Crippen LogP contribution in [0.25, 0.3) is 0 Å². The average Bonchev–Trinajstić information content (AvgIpc) is 2.92. The third-order valence-corrected chi connectivity index (χ3v) is 12.5. The fourth-order valence-electron chi connectivity index (χ4n) is 7.92. The topological polar surface area (TPSA) is 6.48 Å². The van der Waals surface area contributed by atoms with Crippen molar-refractivity contribution in [1.29, 1.82) is 0 Å². The molecule has 0 N–H and O–H groups in total. The summed E-state index contributed by atoms with van der Waals surface area (Å²) in [5, 5.41) is 4.19. The molecule has 44 heavy (non-hydrogen) atoms. The van der Waals surface area contributed by atoms with Crippen LogP contribution in [0.3, 0.4) is 0 Å². The fourth-order valence-corrected chi connectivity index (χ4v) is 10.2. The molecule has 0 unspecified atom stereocenters. The first-order chi connectivity index (χ1) is 20.0. The van der Waals surface area contributed by atoms with Crippen LogP contribution in [0.2, 0.25) is 0 Å². The van der Waals surface area contributed by atoms with E-state index in [2.05, 4.69) is 184 Å². The van der Waals surface area contributed by atoms with Gasteiger partial charge in [0, 0.05) is 23.6 Å². The zero-order chi connectivity index (χ0) is 32.1. The number of nitrogens with zero attached hydrogens (tertiary/aromatic N) is 2. The predicted octanol–water partition coefficient (Wildman–Crippen LogP) is 10.1. The summed E-state index contributed by atoms with van der Waals surface area (Å²) in [7, 11) is 4.07. The van der Waals surface area contributed by atoms with Crippen molar-refractivity contribution in [3.8, 4) is 0 Å². The summed E-state index contributed by atoms with van der Waals surface area (Å²) in [4.78, 5) is 5.06. The Kier molecular flexibility index (Phi) is 13.5. The lowest BCUT2D eigenvalue weighted by atomic mass is 9.75. The number of rotatable bonds is 3. The summed E-state index contributed by atoms with van der Waals surface area (Å²) in [6, 6.07) is 32.3. The van der Waals surface area contributed by atoms with E-state index in [9.17, 15) is 0 Å². The van der Waals surface area contributed by atoms with E-state index in [0.717, 1.165) is 11.8 Å². The standard InChI is InChI=1S/C18H15P.2C11H23N.CH4.H2/c1-4-10-16(11-5-1)19(17-12-6-2-7-13-17)18-14-8-3-9-15-18;2*1-9-7-10(2,3)12(6)11(4,5)8-9;;/h1-15H;2*9H,7-8H2,1-6H3;1H4;1H/i;;;;1+1. The first-order valence-electron chi connectivity index (χ1n) is 16.4. The highest BCUT2D eigenvalue weighted by molar-refractivity contribution is 7.79. The molecule has 3 aromatic rings. The maximum atomic E-state index is 2.53. The molecule has 0 aliphatic carbocycles. The molecule has 3 heteroatoms. The Morgan fingerprint density at radius 1 is 0.477 bits per heavy atom. The zero-order valence-electron chi connectivity index (χ0n) is 29.5. The molecule has 2 aliphatic rings. The lowest BCUT2D eigenvalue weighted by Gasteiger charge is -2.53. The van der Waals surface area contributed by atoms with E-state index in [1.165, 1.54) is 41.6 Å². The number of likely N-dealkylation sites (tertiary alicyclic amines) is 2. The molecule has 246 valence electrons. The van der Waals surface area contributed by atoms with Gasteiger partial charge in [-0.25, -0.2) is 0 Å². The van der Waals surface area contributed by atoms with Gasteiger partial charge in [0.15, 0.2) is 0 Å². The zero-order valence-corrected chi connectivity index (χ0v) is 30.4. The number of benzene rings is 3. The highest BCUT2D eigenvalue weighted by Gasteiger charge is 2.42. The van der Waals surface area contributed by atoms with E-state index >= 15 is 0 Å². The Bertz CT molecular complexity index is 1070. The van der Waals surface area contributed by atoms with Gasteiger partial charge >= 0.3 is 0 Å². The summed E-state index contributed by atoms with van der Waals surface area (Å²) in [5.74, 6) is 1.73. The molecule has 2 nitrogen and oxygen atoms in total. The van der Waals surface area contributed by atoms with Crippen molar-refractivity contribution < 1.29 is 1.43 Å². The second kappa shape index (κ2) is 15.5. The van der Waals surface area contributed by atoms with E-state index in [0.29, 0.717) is 22.2 Å². The van der Waals surface area contributed by atoms with E-state index < -0.39 is 7.92 Å². The molecule has 0 bridgehead atoms. The van der Waals surface area contributed by atoms with E-state index in [-0.39, 0.29) is 8.85 Å². The van der Waals surface area contributed by atoms with Gasteiger partial charge in [0.05, 0.1) is 0 Å². The average molecular weight is 620 g/mol. The highest BCUT2D eigenvalue weighted by Crippen LogP contribution is 2.40. The van der Waals surface area contributed by atoms with Crippen molar-refractivity contribution >= 4 is 23.8 Å². The number of piperidine rings is 2. The Morgan fingerprint density at radius 2 is 0.682 bits per heavy atom. The maximum Gasteiger partial charge on any atom is 0.0158 e. The molecular weight excluding hydrogens is 551 g/mol. The van der Waals surface area contributed by atoms with Crippen LogP contribution in [0.15, 0.2) is 91.0 Å². The second-order valence-electron chi connectivity index (χ2n) is 15.7. The second-order valence-corrected chi connectivity index (χ2v) is 18.0. The third kappa shape index (κ3) is 10.0. The molecule has 0 saturated carbocycles. The predicted molar refractivity (Wildman–Crippen MR) is 203 cm³/mol. The van der Waals surface area contributed by atoms with Gasteiger partial charge in [-0.3, -0.25) is 9.80 Å². The van der Waals surface area contributed by atoms with Crippen molar-refractivity contribution in [1.82, 2.24) is 9.80 Å². The fraction of sp³-hybridized carbons (Fsp3) is 0.561. The molecule has 0 aromatic heterocycles. The Hall–Kier alpha value is -1.99. The third-order valence-electron chi connectivity index (χ3n) is 10.1. The minimum Gasteiger partial charge on any atom is -0.296 e. The monoisotopic (exact) mass is 620 g/mol. The van der Waals surface area contributed by atoms with Crippen LogP contribution >= 0.6 is 7.92 Å². The maximum absolute atomic E-state index is 2.53. The van der Waals surface area contributed by atoms with Gasteiger partial charge in [-0.15, -0.1) is 0 Å². The molecule has 3 aromatic carbocycles. The van der Waals surface area contributed by atoms with E-state index in [1.807, 2.05) is 0 Å². The SMILES string of the molecule is C.CC1CC(C)(C)N(C)C(C)(C)C1.CC1CC(C)(C)N(C)C(C)(C)C1.[2HH].c1ccc(P(c2ccccc2)c2ccccc2)cc1. The molecule has 5 rings (SSSR count). The molecule has 0 atom stereocenters. The van der Waals surface area contributed by atoms with Gasteiger partial charge in [-0.05, 0) is 131 Å². The summed E-state index contributed by atoms with van der Waals surface area (Å²) >= 11 is 0. The molecular formula is C41H67N2P.